The zero-order valence-corrected chi connectivity index (χ0v) is 10.9. The van der Waals surface area contributed by atoms with E-state index in [4.69, 9.17) is 4.74 Å². The van der Waals surface area contributed by atoms with E-state index in [2.05, 4.69) is 4.99 Å². The molecular weight excluding hydrogens is 228 g/mol. The van der Waals surface area contributed by atoms with Crippen molar-refractivity contribution >= 4 is 23.0 Å². The SMILES string of the molecule is CSC1=NCC(O)CN1C(=O)OC(C)(C)C. The molecule has 6 heteroatoms. The van der Waals surface area contributed by atoms with Crippen LogP contribution < -0.4 is 0 Å². The first kappa shape index (κ1) is 13.3. The number of hydrogen-bond donors (Lipinski definition) is 1. The highest BCUT2D eigenvalue weighted by molar-refractivity contribution is 8.13. The van der Waals surface area contributed by atoms with E-state index < -0.39 is 17.8 Å². The van der Waals surface area contributed by atoms with Crippen LogP contribution in [0.25, 0.3) is 0 Å². The van der Waals surface area contributed by atoms with Crippen LogP contribution in [0.3, 0.4) is 0 Å². The number of nitrogens with zero attached hydrogens (tertiary/aromatic N) is 2. The Morgan fingerprint density at radius 1 is 1.62 bits per heavy atom. The maximum Gasteiger partial charge on any atom is 0.416 e. The Morgan fingerprint density at radius 2 is 2.25 bits per heavy atom. The molecule has 0 saturated carbocycles. The summed E-state index contributed by atoms with van der Waals surface area (Å²) < 4.78 is 5.24. The third-order valence-corrected chi connectivity index (χ3v) is 2.57. The molecule has 0 spiro atoms. The van der Waals surface area contributed by atoms with Gasteiger partial charge in [0.15, 0.2) is 5.17 Å². The number of rotatable bonds is 0. The van der Waals surface area contributed by atoms with Crippen LogP contribution in [-0.4, -0.2) is 52.3 Å². The average molecular weight is 246 g/mol. The molecule has 16 heavy (non-hydrogen) atoms. The van der Waals surface area contributed by atoms with Crippen LogP contribution >= 0.6 is 11.8 Å². The number of ether oxygens (including phenoxy) is 1. The highest BCUT2D eigenvalue weighted by atomic mass is 32.2. The molecule has 1 aliphatic heterocycles. The molecule has 1 aliphatic rings. The first-order valence-corrected chi connectivity index (χ1v) is 6.33. The van der Waals surface area contributed by atoms with Crippen molar-refractivity contribution in [3.8, 4) is 0 Å². The molecule has 0 saturated heterocycles. The van der Waals surface area contributed by atoms with Crippen molar-refractivity contribution in [2.75, 3.05) is 19.3 Å². The summed E-state index contributed by atoms with van der Waals surface area (Å²) in [7, 11) is 0. The molecule has 92 valence electrons. The van der Waals surface area contributed by atoms with Crippen molar-refractivity contribution in [2.24, 2.45) is 4.99 Å². The molecule has 0 aromatic carbocycles. The quantitative estimate of drug-likeness (QED) is 0.700. The van der Waals surface area contributed by atoms with Crippen LogP contribution in [0.2, 0.25) is 0 Å². The number of carbonyl (C=O) groups is 1. The maximum atomic E-state index is 11.8. The first-order valence-electron chi connectivity index (χ1n) is 5.10. The van der Waals surface area contributed by atoms with Crippen LogP contribution in [0.15, 0.2) is 4.99 Å². The standard InChI is InChI=1S/C10H18N2O3S/c1-10(2,3)15-9(14)12-6-7(13)5-11-8(12)16-4/h7,13H,5-6H2,1-4H3. The number of thioether (sulfide) groups is 1. The molecular formula is C10H18N2O3S. The Morgan fingerprint density at radius 3 is 2.75 bits per heavy atom. The van der Waals surface area contributed by atoms with Gasteiger partial charge in [0.05, 0.1) is 19.2 Å². The van der Waals surface area contributed by atoms with Crippen LogP contribution in [0.1, 0.15) is 20.8 Å². The molecule has 1 atom stereocenters. The van der Waals surface area contributed by atoms with E-state index >= 15 is 0 Å². The lowest BCUT2D eigenvalue weighted by atomic mass is 10.2. The Balaban J connectivity index is 2.73. The van der Waals surface area contributed by atoms with Gasteiger partial charge in [0.1, 0.15) is 5.60 Å². The number of amidine groups is 1. The van der Waals surface area contributed by atoms with Crippen LogP contribution in [0.4, 0.5) is 4.79 Å². The van der Waals surface area contributed by atoms with Gasteiger partial charge in [0.25, 0.3) is 0 Å². The van der Waals surface area contributed by atoms with E-state index in [0.717, 1.165) is 0 Å². The molecule has 1 amide bonds. The third kappa shape index (κ3) is 3.68. The van der Waals surface area contributed by atoms with E-state index in [9.17, 15) is 9.90 Å². The molecule has 0 bridgehead atoms. The lowest BCUT2D eigenvalue weighted by Crippen LogP contribution is -2.47. The summed E-state index contributed by atoms with van der Waals surface area (Å²) in [5.74, 6) is 0. The van der Waals surface area contributed by atoms with Crippen LogP contribution in [0, 0.1) is 0 Å². The summed E-state index contributed by atoms with van der Waals surface area (Å²) in [6, 6.07) is 0. The smallest absolute Gasteiger partial charge is 0.416 e. The zero-order valence-electron chi connectivity index (χ0n) is 10.1. The lowest BCUT2D eigenvalue weighted by molar-refractivity contribution is 0.0289. The minimum Gasteiger partial charge on any atom is -0.443 e. The van der Waals surface area contributed by atoms with Gasteiger partial charge in [-0.3, -0.25) is 9.89 Å². The van der Waals surface area contributed by atoms with Gasteiger partial charge in [-0.05, 0) is 27.0 Å². The van der Waals surface area contributed by atoms with Gasteiger partial charge in [-0.2, -0.15) is 0 Å². The number of amides is 1. The molecule has 0 aliphatic carbocycles. The van der Waals surface area contributed by atoms with Gasteiger partial charge in [0.2, 0.25) is 0 Å². The highest BCUT2D eigenvalue weighted by Gasteiger charge is 2.29. The zero-order chi connectivity index (χ0) is 12.3. The second-order valence-corrected chi connectivity index (χ2v) is 5.35. The third-order valence-electron chi connectivity index (χ3n) is 1.86. The Kier molecular flexibility index (Phi) is 4.21. The fourth-order valence-corrected chi connectivity index (χ4v) is 1.83. The van der Waals surface area contributed by atoms with E-state index in [-0.39, 0.29) is 6.54 Å². The summed E-state index contributed by atoms with van der Waals surface area (Å²) in [5.41, 5.74) is -0.539. The number of hydrogen-bond acceptors (Lipinski definition) is 5. The van der Waals surface area contributed by atoms with Gasteiger partial charge >= 0.3 is 6.09 Å². The van der Waals surface area contributed by atoms with Crippen molar-refractivity contribution in [3.05, 3.63) is 0 Å². The molecule has 1 rings (SSSR count). The predicted octanol–water partition coefficient (Wildman–Crippen LogP) is 1.32. The van der Waals surface area contributed by atoms with Crippen molar-refractivity contribution in [3.63, 3.8) is 0 Å². The van der Waals surface area contributed by atoms with E-state index in [0.29, 0.717) is 11.7 Å². The largest absolute Gasteiger partial charge is 0.443 e. The summed E-state index contributed by atoms with van der Waals surface area (Å²) in [4.78, 5) is 17.3. The van der Waals surface area contributed by atoms with Gasteiger partial charge in [-0.25, -0.2) is 4.79 Å². The van der Waals surface area contributed by atoms with E-state index in [1.165, 1.54) is 16.7 Å². The van der Waals surface area contributed by atoms with Crippen molar-refractivity contribution < 1.29 is 14.6 Å². The Hall–Kier alpha value is -0.750. The number of β-amino-alcohol motifs (C(OH)–C–C–N with tert-alkyl or cyclic N) is 1. The van der Waals surface area contributed by atoms with E-state index in [1.54, 1.807) is 20.8 Å². The molecule has 1 heterocycles. The minimum atomic E-state index is -0.608. The second kappa shape index (κ2) is 5.05. The summed E-state index contributed by atoms with van der Waals surface area (Å²) in [6.07, 6.45) is 0.774. The highest BCUT2D eigenvalue weighted by Crippen LogP contribution is 2.16. The van der Waals surface area contributed by atoms with Crippen LogP contribution in [-0.2, 0) is 4.74 Å². The monoisotopic (exact) mass is 246 g/mol. The fraction of sp³-hybridized carbons (Fsp3) is 0.800. The second-order valence-electron chi connectivity index (χ2n) is 4.57. The predicted molar refractivity (Wildman–Crippen MR) is 64.8 cm³/mol. The normalized spacial score (nSPS) is 21.7. The number of aliphatic hydroxyl groups is 1. The Labute approximate surface area is 99.9 Å². The van der Waals surface area contributed by atoms with E-state index in [1.807, 2.05) is 6.26 Å². The van der Waals surface area contributed by atoms with Crippen molar-refractivity contribution in [2.45, 2.75) is 32.5 Å². The minimum absolute atomic E-state index is 0.245. The molecule has 0 fully saturated rings. The van der Waals surface area contributed by atoms with Crippen molar-refractivity contribution in [1.29, 1.82) is 0 Å². The lowest BCUT2D eigenvalue weighted by Gasteiger charge is -2.31. The number of aliphatic hydroxyl groups excluding tert-OH is 1. The summed E-state index contributed by atoms with van der Waals surface area (Å²) in [5, 5.41) is 10.1. The topological polar surface area (TPSA) is 62.1 Å². The average Bonchev–Trinajstić information content (AvgIpc) is 2.15. The van der Waals surface area contributed by atoms with Gasteiger partial charge < -0.3 is 9.84 Å². The Bertz CT molecular complexity index is 299. The maximum absolute atomic E-state index is 11.8. The molecule has 0 aromatic rings. The number of aliphatic imine (C=N–C) groups is 1. The van der Waals surface area contributed by atoms with Crippen LogP contribution in [0.5, 0.6) is 0 Å². The number of carbonyl (C=O) groups excluding carboxylic acids is 1. The fourth-order valence-electron chi connectivity index (χ4n) is 1.26. The summed E-state index contributed by atoms with van der Waals surface area (Å²) >= 11 is 1.37. The molecule has 1 unspecified atom stereocenters. The molecule has 1 N–H and O–H groups in total. The molecule has 5 nitrogen and oxygen atoms in total. The molecule has 0 aromatic heterocycles. The molecule has 0 radical (unpaired) electrons. The van der Waals surface area contributed by atoms with Gasteiger partial charge in [-0.1, -0.05) is 11.8 Å². The summed E-state index contributed by atoms with van der Waals surface area (Å²) in [6.45, 7) is 6.01. The van der Waals surface area contributed by atoms with Crippen molar-refractivity contribution in [1.82, 2.24) is 4.90 Å². The van der Waals surface area contributed by atoms with Gasteiger partial charge in [0, 0.05) is 0 Å². The first-order chi connectivity index (χ1) is 7.33. The van der Waals surface area contributed by atoms with Gasteiger partial charge in [-0.15, -0.1) is 0 Å².